The fourth-order valence-electron chi connectivity index (χ4n) is 1.67. The van der Waals surface area contributed by atoms with Crippen LogP contribution in [0.5, 0.6) is 0 Å². The zero-order valence-corrected chi connectivity index (χ0v) is 12.4. The van der Waals surface area contributed by atoms with E-state index in [1.807, 2.05) is 0 Å². The molecule has 0 aliphatic carbocycles. The maximum Gasteiger partial charge on any atom is 0.323 e. The number of carbonyl (C=O) groups excluding carboxylic acids is 3. The summed E-state index contributed by atoms with van der Waals surface area (Å²) in [5, 5.41) is 0. The Hall–Kier alpha value is -1.49. The van der Waals surface area contributed by atoms with Crippen LogP contribution in [0.4, 0.5) is 0 Å². The molecule has 0 aliphatic heterocycles. The molecule has 0 amide bonds. The van der Waals surface area contributed by atoms with Crippen molar-refractivity contribution in [3.8, 4) is 0 Å². The summed E-state index contributed by atoms with van der Waals surface area (Å²) >= 11 is 3.30. The normalized spacial score (nSPS) is 11.7. The van der Waals surface area contributed by atoms with Gasteiger partial charge in [0, 0.05) is 17.3 Å². The average molecular weight is 327 g/mol. The van der Waals surface area contributed by atoms with Gasteiger partial charge < -0.3 is 4.74 Å². The zero-order chi connectivity index (χ0) is 14.4. The molecule has 0 aliphatic rings. The highest BCUT2D eigenvalue weighted by Crippen LogP contribution is 2.14. The van der Waals surface area contributed by atoms with Crippen molar-refractivity contribution in [1.29, 1.82) is 0 Å². The number of esters is 1. The van der Waals surface area contributed by atoms with Gasteiger partial charge in [0.1, 0.15) is 0 Å². The van der Waals surface area contributed by atoms with E-state index in [1.165, 1.54) is 7.11 Å². The highest BCUT2D eigenvalue weighted by molar-refractivity contribution is 9.10. The van der Waals surface area contributed by atoms with E-state index in [9.17, 15) is 14.4 Å². The molecule has 5 heteroatoms. The van der Waals surface area contributed by atoms with Crippen molar-refractivity contribution < 1.29 is 19.1 Å². The lowest BCUT2D eigenvalue weighted by molar-refractivity contribution is -0.152. The molecule has 1 aromatic rings. The van der Waals surface area contributed by atoms with Gasteiger partial charge in [-0.15, -0.1) is 0 Å². The Morgan fingerprint density at radius 3 is 2.21 bits per heavy atom. The molecule has 0 saturated heterocycles. The smallest absolute Gasteiger partial charge is 0.323 e. The largest absolute Gasteiger partial charge is 0.468 e. The summed E-state index contributed by atoms with van der Waals surface area (Å²) in [5.41, 5.74) is 0.756. The summed E-state index contributed by atoms with van der Waals surface area (Å²) < 4.78 is 5.43. The van der Waals surface area contributed by atoms with Crippen LogP contribution in [0.25, 0.3) is 0 Å². The summed E-state index contributed by atoms with van der Waals surface area (Å²) in [6.45, 7) is 1.62. The van der Waals surface area contributed by atoms with Gasteiger partial charge in [-0.25, -0.2) is 0 Å². The number of ether oxygens (including phenoxy) is 1. The van der Waals surface area contributed by atoms with Gasteiger partial charge >= 0.3 is 5.97 Å². The maximum absolute atomic E-state index is 12.1. The topological polar surface area (TPSA) is 60.4 Å². The van der Waals surface area contributed by atoms with Gasteiger partial charge in [0.25, 0.3) is 0 Å². The number of benzene rings is 1. The molecule has 0 bridgehead atoms. The summed E-state index contributed by atoms with van der Waals surface area (Å²) in [7, 11) is 1.17. The van der Waals surface area contributed by atoms with Gasteiger partial charge in [0.2, 0.25) is 0 Å². The predicted octanol–water partition coefficient (Wildman–Crippen LogP) is 2.33. The molecule has 0 spiro atoms. The molecule has 0 saturated carbocycles. The zero-order valence-electron chi connectivity index (χ0n) is 10.8. The molecule has 1 unspecified atom stereocenters. The fraction of sp³-hybridized carbons (Fsp3) is 0.357. The Balaban J connectivity index is 2.85. The molecule has 19 heavy (non-hydrogen) atoms. The molecule has 4 nitrogen and oxygen atoms in total. The first-order chi connectivity index (χ1) is 8.99. The van der Waals surface area contributed by atoms with Crippen LogP contribution in [0, 0.1) is 5.92 Å². The monoisotopic (exact) mass is 326 g/mol. The van der Waals surface area contributed by atoms with Crippen LogP contribution >= 0.6 is 15.9 Å². The summed E-state index contributed by atoms with van der Waals surface area (Å²) in [6.07, 6.45) is 0.171. The molecule has 1 atom stereocenters. The molecule has 0 fully saturated rings. The highest BCUT2D eigenvalue weighted by Gasteiger charge is 2.33. The van der Waals surface area contributed by atoms with Crippen molar-refractivity contribution in [2.24, 2.45) is 5.92 Å². The number of carbonyl (C=O) groups is 3. The molecule has 102 valence electrons. The van der Waals surface area contributed by atoms with Crippen molar-refractivity contribution >= 4 is 33.5 Å². The van der Waals surface area contributed by atoms with Crippen LogP contribution in [0.3, 0.4) is 0 Å². The van der Waals surface area contributed by atoms with E-state index in [-0.39, 0.29) is 12.8 Å². The van der Waals surface area contributed by atoms with Gasteiger partial charge in [-0.2, -0.15) is 0 Å². The van der Waals surface area contributed by atoms with E-state index >= 15 is 0 Å². The van der Waals surface area contributed by atoms with E-state index in [1.54, 1.807) is 31.2 Å². The third-order valence-electron chi connectivity index (χ3n) is 2.72. The third kappa shape index (κ3) is 4.28. The van der Waals surface area contributed by atoms with Crippen LogP contribution in [0.15, 0.2) is 28.7 Å². The third-order valence-corrected chi connectivity index (χ3v) is 3.25. The summed E-state index contributed by atoms with van der Waals surface area (Å²) in [4.78, 5) is 35.3. The van der Waals surface area contributed by atoms with Crippen molar-refractivity contribution in [1.82, 2.24) is 0 Å². The number of hydrogen-bond acceptors (Lipinski definition) is 4. The van der Waals surface area contributed by atoms with Crippen LogP contribution in [0.1, 0.15) is 18.9 Å². The second-order valence-electron chi connectivity index (χ2n) is 4.05. The second-order valence-corrected chi connectivity index (χ2v) is 4.96. The SMILES string of the molecule is CCC(=O)C(C(=O)Cc1ccc(Br)cc1)C(=O)OC. The molecule has 1 aromatic carbocycles. The van der Waals surface area contributed by atoms with Gasteiger partial charge in [-0.1, -0.05) is 35.0 Å². The molecule has 0 N–H and O–H groups in total. The van der Waals surface area contributed by atoms with E-state index in [0.717, 1.165) is 10.0 Å². The quantitative estimate of drug-likeness (QED) is 0.594. The van der Waals surface area contributed by atoms with Crippen LogP contribution in [0.2, 0.25) is 0 Å². The van der Waals surface area contributed by atoms with Crippen molar-refractivity contribution in [2.75, 3.05) is 7.11 Å². The fourth-order valence-corrected chi connectivity index (χ4v) is 1.93. The summed E-state index contributed by atoms with van der Waals surface area (Å²) in [6, 6.07) is 7.15. The lowest BCUT2D eigenvalue weighted by Gasteiger charge is -2.11. The standard InChI is InChI=1S/C14H15BrO4/c1-3-11(16)13(14(18)19-2)12(17)8-9-4-6-10(15)7-5-9/h4-7,13H,3,8H2,1-2H3. The highest BCUT2D eigenvalue weighted by atomic mass is 79.9. The summed E-state index contributed by atoms with van der Waals surface area (Å²) in [5.74, 6) is -2.93. The Morgan fingerprint density at radius 2 is 1.74 bits per heavy atom. The first-order valence-corrected chi connectivity index (χ1v) is 6.66. The Bertz CT molecular complexity index is 463. The van der Waals surface area contributed by atoms with Crippen molar-refractivity contribution in [2.45, 2.75) is 19.8 Å². The minimum atomic E-state index is -1.31. The Morgan fingerprint density at radius 1 is 1.16 bits per heavy atom. The van der Waals surface area contributed by atoms with Crippen LogP contribution in [-0.4, -0.2) is 24.6 Å². The van der Waals surface area contributed by atoms with Crippen molar-refractivity contribution in [3.05, 3.63) is 34.3 Å². The molecule has 1 rings (SSSR count). The van der Waals surface area contributed by atoms with Gasteiger partial charge in [0.15, 0.2) is 17.5 Å². The van der Waals surface area contributed by atoms with E-state index in [0.29, 0.717) is 0 Å². The minimum Gasteiger partial charge on any atom is -0.468 e. The number of Topliss-reactive ketones (excluding diaryl/α,β-unsaturated/α-hetero) is 2. The second kappa shape index (κ2) is 7.19. The van der Waals surface area contributed by atoms with Crippen LogP contribution < -0.4 is 0 Å². The molecular weight excluding hydrogens is 312 g/mol. The first-order valence-electron chi connectivity index (χ1n) is 5.87. The number of methoxy groups -OCH3 is 1. The molecule has 0 heterocycles. The van der Waals surface area contributed by atoms with E-state index < -0.39 is 23.5 Å². The van der Waals surface area contributed by atoms with Gasteiger partial charge in [-0.3, -0.25) is 14.4 Å². The number of ketones is 2. The molecule has 0 radical (unpaired) electrons. The maximum atomic E-state index is 12.1. The van der Waals surface area contributed by atoms with Crippen molar-refractivity contribution in [3.63, 3.8) is 0 Å². The average Bonchev–Trinajstić information content (AvgIpc) is 2.41. The number of rotatable bonds is 6. The molecule has 0 aromatic heterocycles. The van der Waals surface area contributed by atoms with Crippen LogP contribution in [-0.2, 0) is 25.5 Å². The van der Waals surface area contributed by atoms with Gasteiger partial charge in [-0.05, 0) is 17.7 Å². The van der Waals surface area contributed by atoms with E-state index in [4.69, 9.17) is 0 Å². The van der Waals surface area contributed by atoms with Gasteiger partial charge in [0.05, 0.1) is 7.11 Å². The predicted molar refractivity (Wildman–Crippen MR) is 73.7 cm³/mol. The molecular formula is C14H15BrO4. The minimum absolute atomic E-state index is 0.0405. The number of halogens is 1. The Labute approximate surface area is 120 Å². The lowest BCUT2D eigenvalue weighted by Crippen LogP contribution is -2.33. The Kier molecular flexibility index (Phi) is 5.89. The lowest BCUT2D eigenvalue weighted by atomic mass is 9.93. The van der Waals surface area contributed by atoms with E-state index in [2.05, 4.69) is 20.7 Å². The first kappa shape index (κ1) is 15.6. The number of hydrogen-bond donors (Lipinski definition) is 0.